The van der Waals surface area contributed by atoms with Gasteiger partial charge < -0.3 is 19.3 Å². The average molecular weight is 576 g/mol. The minimum Gasteiger partial charge on any atom is -0.495 e. The largest absolute Gasteiger partial charge is 0.495 e. The first-order chi connectivity index (χ1) is 18.8. The van der Waals surface area contributed by atoms with Gasteiger partial charge in [-0.2, -0.15) is 9.29 Å². The van der Waals surface area contributed by atoms with E-state index < -0.39 is 10.0 Å². The van der Waals surface area contributed by atoms with Gasteiger partial charge in [0.15, 0.2) is 0 Å². The van der Waals surface area contributed by atoms with Crippen LogP contribution in [0, 0.1) is 5.92 Å². The third-order valence-corrected chi connectivity index (χ3v) is 9.00. The maximum Gasteiger partial charge on any atom is 0.246 e. The Morgan fingerprint density at radius 2 is 1.92 bits per heavy atom. The fraction of sp³-hybridized carbons (Fsp3) is 0.423. The molecular formula is C26H30ClN5O6S. The smallest absolute Gasteiger partial charge is 0.246 e. The Balaban J connectivity index is 1.24. The van der Waals surface area contributed by atoms with Gasteiger partial charge in [-0.3, -0.25) is 9.69 Å². The summed E-state index contributed by atoms with van der Waals surface area (Å²) in [7, 11) is -2.39. The zero-order valence-corrected chi connectivity index (χ0v) is 23.1. The molecule has 1 aromatic heterocycles. The van der Waals surface area contributed by atoms with Crippen molar-refractivity contribution in [3.8, 4) is 17.1 Å². The molecule has 1 N–H and O–H groups in total. The number of sulfonamides is 1. The van der Waals surface area contributed by atoms with Gasteiger partial charge in [-0.15, -0.1) is 0 Å². The summed E-state index contributed by atoms with van der Waals surface area (Å²) in [5.74, 6) is 0.719. The number of anilines is 1. The quantitative estimate of drug-likeness (QED) is 0.430. The summed E-state index contributed by atoms with van der Waals surface area (Å²) in [4.78, 5) is 19.8. The number of piperidine rings is 1. The van der Waals surface area contributed by atoms with Gasteiger partial charge in [-0.25, -0.2) is 8.42 Å². The van der Waals surface area contributed by atoms with Crippen molar-refractivity contribution in [1.29, 1.82) is 0 Å². The summed E-state index contributed by atoms with van der Waals surface area (Å²) < 4.78 is 44.0. The number of methoxy groups -OCH3 is 1. The van der Waals surface area contributed by atoms with Crippen molar-refractivity contribution >= 4 is 33.2 Å². The number of nitrogens with one attached hydrogen (secondary N) is 1. The number of halogens is 1. The Bertz CT molecular complexity index is 1410. The molecule has 2 saturated heterocycles. The highest BCUT2D eigenvalue weighted by Gasteiger charge is 2.31. The highest BCUT2D eigenvalue weighted by Crippen LogP contribution is 2.31. The number of benzene rings is 2. The fourth-order valence-electron chi connectivity index (χ4n) is 4.77. The number of morpholine rings is 1. The summed E-state index contributed by atoms with van der Waals surface area (Å²) >= 11 is 5.95. The summed E-state index contributed by atoms with van der Waals surface area (Å²) in [6.07, 6.45) is 1.55. The van der Waals surface area contributed by atoms with Crippen LogP contribution in [0.4, 0.5) is 5.69 Å². The molecule has 0 radical (unpaired) electrons. The number of aromatic nitrogens is 2. The predicted octanol–water partition coefficient (Wildman–Crippen LogP) is 3.27. The van der Waals surface area contributed by atoms with E-state index in [0.717, 1.165) is 24.9 Å². The van der Waals surface area contributed by atoms with Crippen molar-refractivity contribution < 1.29 is 27.2 Å². The topological polar surface area (TPSA) is 127 Å². The zero-order valence-electron chi connectivity index (χ0n) is 21.5. The van der Waals surface area contributed by atoms with Crippen LogP contribution in [-0.4, -0.2) is 80.2 Å². The monoisotopic (exact) mass is 575 g/mol. The first kappa shape index (κ1) is 27.5. The minimum atomic E-state index is -3.81. The Hall–Kier alpha value is -3.03. The number of carbonyl (C=O) groups is 1. The van der Waals surface area contributed by atoms with Crippen molar-refractivity contribution in [3.05, 3.63) is 53.4 Å². The third kappa shape index (κ3) is 6.42. The summed E-state index contributed by atoms with van der Waals surface area (Å²) in [5, 5.41) is 7.59. The van der Waals surface area contributed by atoms with Crippen LogP contribution in [-0.2, 0) is 26.1 Å². The number of hydrogen-bond acceptors (Lipinski definition) is 9. The van der Waals surface area contributed by atoms with E-state index in [1.165, 1.54) is 17.5 Å². The van der Waals surface area contributed by atoms with Crippen LogP contribution in [0.1, 0.15) is 18.7 Å². The van der Waals surface area contributed by atoms with Crippen LogP contribution in [0.25, 0.3) is 11.4 Å². The number of amides is 1. The molecule has 0 saturated carbocycles. The standard InChI is InChI=1S/C26H30ClN5O6S/c1-36-22-9-8-21(15-23(22)39(34,35)32-11-13-37-14-12-32)28-26(33)19-3-2-10-31(16-19)17-24-29-25(30-38-24)18-4-6-20(27)7-5-18/h4-9,15,19H,2-3,10-14,16-17H2,1H3,(H,28,33). The molecular weight excluding hydrogens is 546 g/mol. The molecule has 2 aliphatic heterocycles. The Kier molecular flexibility index (Phi) is 8.48. The Labute approximate surface area is 232 Å². The number of nitrogens with zero attached hydrogens (tertiary/aromatic N) is 4. The lowest BCUT2D eigenvalue weighted by atomic mass is 9.97. The number of carbonyl (C=O) groups excluding carboxylic acids is 1. The molecule has 5 rings (SSSR count). The highest BCUT2D eigenvalue weighted by molar-refractivity contribution is 7.89. The molecule has 11 nitrogen and oxygen atoms in total. The molecule has 1 amide bonds. The van der Waals surface area contributed by atoms with Crippen molar-refractivity contribution in [2.45, 2.75) is 24.3 Å². The van der Waals surface area contributed by atoms with Gasteiger partial charge in [0, 0.05) is 35.9 Å². The lowest BCUT2D eigenvalue weighted by Crippen LogP contribution is -2.41. The van der Waals surface area contributed by atoms with Crippen molar-refractivity contribution in [3.63, 3.8) is 0 Å². The van der Waals surface area contributed by atoms with Gasteiger partial charge in [0.05, 0.1) is 32.8 Å². The highest BCUT2D eigenvalue weighted by atomic mass is 35.5. The molecule has 2 aliphatic rings. The van der Waals surface area contributed by atoms with Gasteiger partial charge in [0.25, 0.3) is 0 Å². The van der Waals surface area contributed by atoms with Gasteiger partial charge >= 0.3 is 0 Å². The fourth-order valence-corrected chi connectivity index (χ4v) is 6.48. The number of likely N-dealkylation sites (tertiary alicyclic amines) is 1. The van der Waals surface area contributed by atoms with Crippen LogP contribution in [0.5, 0.6) is 5.75 Å². The van der Waals surface area contributed by atoms with E-state index in [1.807, 2.05) is 12.1 Å². The second-order valence-electron chi connectivity index (χ2n) is 9.46. The van der Waals surface area contributed by atoms with Crippen LogP contribution >= 0.6 is 11.6 Å². The SMILES string of the molecule is COc1ccc(NC(=O)C2CCCN(Cc3nc(-c4ccc(Cl)cc4)no3)C2)cc1S(=O)(=O)N1CCOCC1. The number of rotatable bonds is 8. The second-order valence-corrected chi connectivity index (χ2v) is 11.8. The van der Waals surface area contributed by atoms with E-state index in [2.05, 4.69) is 20.4 Å². The maximum atomic E-state index is 13.3. The minimum absolute atomic E-state index is 0.0165. The van der Waals surface area contributed by atoms with Gasteiger partial charge in [-0.1, -0.05) is 16.8 Å². The molecule has 39 heavy (non-hydrogen) atoms. The Morgan fingerprint density at radius 1 is 1.15 bits per heavy atom. The molecule has 3 aromatic rings. The molecule has 1 unspecified atom stereocenters. The van der Waals surface area contributed by atoms with E-state index in [1.54, 1.807) is 24.3 Å². The zero-order chi connectivity index (χ0) is 27.4. The van der Waals surface area contributed by atoms with Crippen LogP contribution in [0.3, 0.4) is 0 Å². The average Bonchev–Trinajstić information content (AvgIpc) is 3.42. The van der Waals surface area contributed by atoms with Crippen molar-refractivity contribution in [2.75, 3.05) is 51.8 Å². The predicted molar refractivity (Wildman–Crippen MR) is 144 cm³/mol. The van der Waals surface area contributed by atoms with Crippen LogP contribution in [0.2, 0.25) is 5.02 Å². The van der Waals surface area contributed by atoms with Gasteiger partial charge in [0.2, 0.25) is 27.6 Å². The number of hydrogen-bond donors (Lipinski definition) is 1. The molecule has 2 fully saturated rings. The molecule has 0 spiro atoms. The molecule has 0 bridgehead atoms. The van der Waals surface area contributed by atoms with E-state index in [9.17, 15) is 13.2 Å². The van der Waals surface area contributed by atoms with E-state index in [4.69, 9.17) is 25.6 Å². The normalized spacial score (nSPS) is 19.1. The first-order valence-corrected chi connectivity index (χ1v) is 14.5. The molecule has 3 heterocycles. The van der Waals surface area contributed by atoms with E-state index >= 15 is 0 Å². The lowest BCUT2D eigenvalue weighted by molar-refractivity contribution is -0.121. The third-order valence-electron chi connectivity index (χ3n) is 6.82. The molecule has 1 atom stereocenters. The molecule has 0 aliphatic carbocycles. The van der Waals surface area contributed by atoms with Gasteiger partial charge in [0.1, 0.15) is 10.6 Å². The second kappa shape index (κ2) is 12.0. The van der Waals surface area contributed by atoms with Crippen LogP contribution in [0.15, 0.2) is 51.9 Å². The summed E-state index contributed by atoms with van der Waals surface area (Å²) in [6, 6.07) is 11.9. The molecule has 208 valence electrons. The summed E-state index contributed by atoms with van der Waals surface area (Å²) in [5.41, 5.74) is 1.20. The molecule has 13 heteroatoms. The maximum absolute atomic E-state index is 13.3. The van der Waals surface area contributed by atoms with Crippen molar-refractivity contribution in [2.24, 2.45) is 5.92 Å². The number of ether oxygens (including phenoxy) is 2. The Morgan fingerprint density at radius 3 is 2.67 bits per heavy atom. The first-order valence-electron chi connectivity index (χ1n) is 12.7. The molecule has 2 aromatic carbocycles. The van der Waals surface area contributed by atoms with Gasteiger partial charge in [-0.05, 0) is 61.9 Å². The van der Waals surface area contributed by atoms with Crippen LogP contribution < -0.4 is 10.1 Å². The lowest BCUT2D eigenvalue weighted by Gasteiger charge is -2.31. The van der Waals surface area contributed by atoms with E-state index in [0.29, 0.717) is 48.7 Å². The van der Waals surface area contributed by atoms with Crippen molar-refractivity contribution in [1.82, 2.24) is 19.3 Å². The summed E-state index contributed by atoms with van der Waals surface area (Å²) in [6.45, 7) is 2.94. The van der Waals surface area contributed by atoms with E-state index in [-0.39, 0.29) is 35.6 Å².